The van der Waals surface area contributed by atoms with Gasteiger partial charge in [-0.25, -0.2) is 14.6 Å². The van der Waals surface area contributed by atoms with E-state index >= 15 is 0 Å². The molecule has 1 unspecified atom stereocenters. The Morgan fingerprint density at radius 3 is 2.30 bits per heavy atom. The third kappa shape index (κ3) is 6.99. The summed E-state index contributed by atoms with van der Waals surface area (Å²) in [7, 11) is 0.929. The fraction of sp³-hybridized carbons (Fsp3) is 0.682. The Morgan fingerprint density at radius 1 is 1.20 bits per heavy atom. The Kier molecular flexibility index (Phi) is 10.1. The molecule has 1 aromatic rings. The molecule has 0 bridgehead atoms. The lowest BCUT2D eigenvalue weighted by atomic mass is 9.92. The number of hydrogen-bond donors (Lipinski definition) is 0. The Morgan fingerprint density at radius 2 is 1.80 bits per heavy atom. The van der Waals surface area contributed by atoms with Gasteiger partial charge in [-0.05, 0) is 59.5 Å². The van der Waals surface area contributed by atoms with Gasteiger partial charge in [0.15, 0.2) is 5.82 Å². The summed E-state index contributed by atoms with van der Waals surface area (Å²) in [6.07, 6.45) is 10.0. The smallest absolute Gasteiger partial charge is 0.259 e. The topological polar surface area (TPSA) is 74.5 Å². The average molecular weight is 434 g/mol. The third-order valence-electron chi connectivity index (χ3n) is 5.34. The van der Waals surface area contributed by atoms with Gasteiger partial charge in [-0.15, -0.1) is 0 Å². The van der Waals surface area contributed by atoms with Crippen molar-refractivity contribution in [1.82, 2.24) is 14.6 Å². The zero-order chi connectivity index (χ0) is 22.1. The predicted molar refractivity (Wildman–Crippen MR) is 123 cm³/mol. The van der Waals surface area contributed by atoms with E-state index in [4.69, 9.17) is 14.3 Å². The first-order valence-electron chi connectivity index (χ1n) is 10.8. The van der Waals surface area contributed by atoms with E-state index < -0.39 is 8.53 Å². The SMILES string of the molecule is C=Cc1ncc(N(C)C2CCC(OP(OCCC#N)N(C(C)C)C(C)C)CC2)cn1. The molecule has 0 N–H and O–H groups in total. The summed E-state index contributed by atoms with van der Waals surface area (Å²) in [6, 6.07) is 3.24. The molecule has 1 aliphatic rings. The molecule has 1 atom stereocenters. The summed E-state index contributed by atoms with van der Waals surface area (Å²) < 4.78 is 14.8. The predicted octanol–water partition coefficient (Wildman–Crippen LogP) is 5.16. The van der Waals surface area contributed by atoms with Crippen LogP contribution in [0.25, 0.3) is 6.08 Å². The highest BCUT2D eigenvalue weighted by Crippen LogP contribution is 2.48. The molecule has 1 saturated carbocycles. The van der Waals surface area contributed by atoms with Gasteiger partial charge < -0.3 is 13.9 Å². The normalized spacial score (nSPS) is 20.4. The van der Waals surface area contributed by atoms with Crippen LogP contribution in [-0.4, -0.2) is 52.5 Å². The standard InChI is InChI=1S/C22H36N5O2P/c1-7-22-24-15-20(16-25-22)26(6)19-9-11-21(12-10-19)29-30(28-14-8-13-23)27(17(2)3)18(4)5/h7,15-19,21H,1,8-12,14H2,2-6H3. The van der Waals surface area contributed by atoms with E-state index in [1.165, 1.54) is 0 Å². The highest BCUT2D eigenvalue weighted by atomic mass is 31.2. The first-order chi connectivity index (χ1) is 14.4. The van der Waals surface area contributed by atoms with Crippen LogP contribution in [0.4, 0.5) is 5.69 Å². The maximum Gasteiger partial charge on any atom is 0.259 e. The first kappa shape index (κ1) is 24.7. The van der Waals surface area contributed by atoms with Gasteiger partial charge in [0.25, 0.3) is 8.53 Å². The van der Waals surface area contributed by atoms with E-state index in [-0.39, 0.29) is 6.10 Å². The summed E-state index contributed by atoms with van der Waals surface area (Å²) in [4.78, 5) is 10.9. The number of aromatic nitrogens is 2. The minimum atomic E-state index is -1.18. The molecule has 0 radical (unpaired) electrons. The Bertz CT molecular complexity index is 676. The van der Waals surface area contributed by atoms with Gasteiger partial charge in [0.2, 0.25) is 0 Å². The van der Waals surface area contributed by atoms with Gasteiger partial charge in [0.1, 0.15) is 0 Å². The molecule has 1 fully saturated rings. The second kappa shape index (κ2) is 12.3. The molecule has 2 rings (SSSR count). The molecule has 0 amide bonds. The minimum absolute atomic E-state index is 0.183. The van der Waals surface area contributed by atoms with Crippen LogP contribution in [0.15, 0.2) is 19.0 Å². The molecule has 0 saturated heterocycles. The van der Waals surface area contributed by atoms with E-state index in [2.05, 4.69) is 66.9 Å². The monoisotopic (exact) mass is 433 g/mol. The maximum atomic E-state index is 8.87. The molecule has 0 aromatic carbocycles. The molecule has 8 heteroatoms. The number of nitrogens with zero attached hydrogens (tertiary/aromatic N) is 5. The number of rotatable bonds is 11. The average Bonchev–Trinajstić information content (AvgIpc) is 2.73. The van der Waals surface area contributed by atoms with Crippen molar-refractivity contribution in [3.05, 3.63) is 24.8 Å². The van der Waals surface area contributed by atoms with Gasteiger partial charge in [0, 0.05) is 25.2 Å². The molecular formula is C22H36N5O2P. The molecule has 0 spiro atoms. The highest BCUT2D eigenvalue weighted by molar-refractivity contribution is 7.44. The van der Waals surface area contributed by atoms with Crippen LogP contribution in [0, 0.1) is 11.3 Å². The first-order valence-corrected chi connectivity index (χ1v) is 11.9. The molecule has 1 aliphatic carbocycles. The van der Waals surface area contributed by atoms with Crippen molar-refractivity contribution in [2.45, 2.75) is 84.0 Å². The molecule has 1 aromatic heterocycles. The summed E-state index contributed by atoms with van der Waals surface area (Å²) in [5, 5.41) is 8.87. The van der Waals surface area contributed by atoms with E-state index in [0.717, 1.165) is 31.4 Å². The van der Waals surface area contributed by atoms with Crippen molar-refractivity contribution in [3.63, 3.8) is 0 Å². The highest BCUT2D eigenvalue weighted by Gasteiger charge is 2.32. The van der Waals surface area contributed by atoms with Crippen molar-refractivity contribution in [3.8, 4) is 6.07 Å². The molecule has 166 valence electrons. The lowest BCUT2D eigenvalue weighted by Gasteiger charge is -2.40. The van der Waals surface area contributed by atoms with Crippen molar-refractivity contribution in [2.24, 2.45) is 0 Å². The minimum Gasteiger partial charge on any atom is -0.369 e. The van der Waals surface area contributed by atoms with Gasteiger partial charge >= 0.3 is 0 Å². The molecule has 0 aliphatic heterocycles. The van der Waals surface area contributed by atoms with Crippen LogP contribution in [0.3, 0.4) is 0 Å². The zero-order valence-corrected chi connectivity index (χ0v) is 19.9. The Hall–Kier alpha value is -1.58. The number of hydrogen-bond acceptors (Lipinski definition) is 7. The van der Waals surface area contributed by atoms with E-state index in [9.17, 15) is 0 Å². The third-order valence-corrected chi connectivity index (χ3v) is 7.52. The van der Waals surface area contributed by atoms with E-state index in [1.807, 2.05) is 12.4 Å². The van der Waals surface area contributed by atoms with Crippen molar-refractivity contribution >= 4 is 20.3 Å². The second-order valence-electron chi connectivity index (χ2n) is 8.20. The quantitative estimate of drug-likeness (QED) is 0.352. The van der Waals surface area contributed by atoms with Crippen molar-refractivity contribution in [2.75, 3.05) is 18.6 Å². The second-order valence-corrected chi connectivity index (χ2v) is 9.60. The summed E-state index contributed by atoms with van der Waals surface area (Å²) in [6.45, 7) is 12.8. The van der Waals surface area contributed by atoms with E-state index in [1.54, 1.807) is 6.08 Å². The molecule has 7 nitrogen and oxygen atoms in total. The molecule has 1 heterocycles. The summed E-state index contributed by atoms with van der Waals surface area (Å²) >= 11 is 0. The fourth-order valence-electron chi connectivity index (χ4n) is 3.79. The zero-order valence-electron chi connectivity index (χ0n) is 19.0. The van der Waals surface area contributed by atoms with Crippen LogP contribution in [-0.2, 0) is 9.05 Å². The number of nitriles is 1. The van der Waals surface area contributed by atoms with E-state index in [0.29, 0.717) is 37.0 Å². The van der Waals surface area contributed by atoms with Crippen LogP contribution in [0.1, 0.15) is 65.6 Å². The van der Waals surface area contributed by atoms with Crippen molar-refractivity contribution in [1.29, 1.82) is 5.26 Å². The summed E-state index contributed by atoms with van der Waals surface area (Å²) in [5.41, 5.74) is 1.03. The molecular weight excluding hydrogens is 397 g/mol. The summed E-state index contributed by atoms with van der Waals surface area (Å²) in [5.74, 6) is 0.647. The van der Waals surface area contributed by atoms with Crippen molar-refractivity contribution < 1.29 is 9.05 Å². The molecule has 30 heavy (non-hydrogen) atoms. The fourth-order valence-corrected chi connectivity index (χ4v) is 5.56. The van der Waals surface area contributed by atoms with Gasteiger partial charge in [-0.3, -0.25) is 0 Å². The van der Waals surface area contributed by atoms with Crippen LogP contribution < -0.4 is 4.90 Å². The van der Waals surface area contributed by atoms with Gasteiger partial charge in [-0.2, -0.15) is 5.26 Å². The van der Waals surface area contributed by atoms with Crippen LogP contribution >= 0.6 is 8.53 Å². The van der Waals surface area contributed by atoms with Crippen LogP contribution in [0.5, 0.6) is 0 Å². The maximum absolute atomic E-state index is 8.87. The lowest BCUT2D eigenvalue weighted by molar-refractivity contribution is 0.103. The van der Waals surface area contributed by atoms with Gasteiger partial charge in [0.05, 0.1) is 43.3 Å². The van der Waals surface area contributed by atoms with Gasteiger partial charge in [-0.1, -0.05) is 6.58 Å². The Balaban J connectivity index is 1.95. The van der Waals surface area contributed by atoms with Crippen LogP contribution in [0.2, 0.25) is 0 Å². The number of anilines is 1. The Labute approximate surface area is 183 Å². The lowest BCUT2D eigenvalue weighted by Crippen LogP contribution is -2.38. The largest absolute Gasteiger partial charge is 0.369 e.